The molecule has 0 amide bonds. The summed E-state index contributed by atoms with van der Waals surface area (Å²) in [6, 6.07) is 0. The average Bonchev–Trinajstić information content (AvgIpc) is 2.05. The summed E-state index contributed by atoms with van der Waals surface area (Å²) in [5, 5.41) is 0. The molecule has 0 saturated carbocycles. The van der Waals surface area contributed by atoms with Crippen LogP contribution < -0.4 is 0 Å². The number of carbonyl (C=O) groups is 2. The van der Waals surface area contributed by atoms with Crippen molar-refractivity contribution in [3.63, 3.8) is 0 Å². The zero-order valence-electron chi connectivity index (χ0n) is 8.01. The Morgan fingerprint density at radius 3 is 2.58 bits per heavy atom. The molecule has 0 fully saturated rings. The fourth-order valence-electron chi connectivity index (χ4n) is 1.08. The van der Waals surface area contributed by atoms with Crippen LogP contribution in [0, 0.1) is 5.92 Å². The van der Waals surface area contributed by atoms with Crippen LogP contribution in [-0.2, 0) is 9.59 Å². The van der Waals surface area contributed by atoms with E-state index in [-0.39, 0.29) is 11.7 Å². The second-order valence-electron chi connectivity index (χ2n) is 3.31. The van der Waals surface area contributed by atoms with Crippen LogP contribution in [0.25, 0.3) is 0 Å². The molecule has 0 spiro atoms. The molecule has 0 aliphatic carbocycles. The van der Waals surface area contributed by atoms with Crippen molar-refractivity contribution in [1.82, 2.24) is 0 Å². The lowest BCUT2D eigenvalue weighted by Gasteiger charge is -2.01. The zero-order chi connectivity index (χ0) is 9.40. The van der Waals surface area contributed by atoms with E-state index in [9.17, 15) is 9.59 Å². The highest BCUT2D eigenvalue weighted by Gasteiger charge is 2.06. The first-order chi connectivity index (χ1) is 5.70. The highest BCUT2D eigenvalue weighted by Crippen LogP contribution is 2.06. The summed E-state index contributed by atoms with van der Waals surface area (Å²) in [6.07, 6.45) is 5.13. The molecular formula is C10H18O2. The molecule has 0 aromatic carbocycles. The van der Waals surface area contributed by atoms with Crippen LogP contribution in [0.3, 0.4) is 0 Å². The number of aldehydes is 1. The molecular weight excluding hydrogens is 152 g/mol. The van der Waals surface area contributed by atoms with Gasteiger partial charge in [0.1, 0.15) is 12.1 Å². The Hall–Kier alpha value is -0.660. The number of hydrogen-bond donors (Lipinski definition) is 0. The highest BCUT2D eigenvalue weighted by molar-refractivity contribution is 5.80. The molecule has 0 bridgehead atoms. The second-order valence-corrected chi connectivity index (χ2v) is 3.31. The minimum atomic E-state index is -0.0980. The maximum absolute atomic E-state index is 11.1. The van der Waals surface area contributed by atoms with E-state index in [0.29, 0.717) is 12.8 Å². The van der Waals surface area contributed by atoms with E-state index in [0.717, 1.165) is 25.5 Å². The standard InChI is InChI=1S/C10H18O2/c1-3-4-5-6-10(12)7-9(2)8-11/h8-9H,3-7H2,1-2H3. The van der Waals surface area contributed by atoms with Crippen molar-refractivity contribution in [1.29, 1.82) is 0 Å². The Balaban J connectivity index is 3.39. The van der Waals surface area contributed by atoms with Crippen molar-refractivity contribution >= 4 is 12.1 Å². The Bertz CT molecular complexity index is 141. The van der Waals surface area contributed by atoms with Gasteiger partial charge in [0.2, 0.25) is 0 Å². The van der Waals surface area contributed by atoms with Gasteiger partial charge < -0.3 is 4.79 Å². The van der Waals surface area contributed by atoms with Gasteiger partial charge in [0.05, 0.1) is 0 Å². The van der Waals surface area contributed by atoms with Crippen molar-refractivity contribution in [2.24, 2.45) is 5.92 Å². The van der Waals surface area contributed by atoms with Gasteiger partial charge in [-0.15, -0.1) is 0 Å². The molecule has 2 heteroatoms. The molecule has 12 heavy (non-hydrogen) atoms. The molecule has 0 N–H and O–H groups in total. The number of Topliss-reactive ketones (excluding diaryl/α,β-unsaturated/α-hetero) is 1. The summed E-state index contributed by atoms with van der Waals surface area (Å²) in [5.74, 6) is 0.127. The molecule has 2 nitrogen and oxygen atoms in total. The molecule has 0 saturated heterocycles. The van der Waals surface area contributed by atoms with Crippen molar-refractivity contribution in [2.45, 2.75) is 46.0 Å². The summed E-state index contributed by atoms with van der Waals surface area (Å²) in [4.78, 5) is 21.3. The lowest BCUT2D eigenvalue weighted by Crippen LogP contribution is -2.06. The zero-order valence-corrected chi connectivity index (χ0v) is 8.01. The fraction of sp³-hybridized carbons (Fsp3) is 0.800. The minimum Gasteiger partial charge on any atom is -0.303 e. The first kappa shape index (κ1) is 11.3. The number of ketones is 1. The molecule has 70 valence electrons. The van der Waals surface area contributed by atoms with E-state index in [1.54, 1.807) is 6.92 Å². The molecule has 0 aliphatic rings. The van der Waals surface area contributed by atoms with E-state index in [2.05, 4.69) is 6.92 Å². The lowest BCUT2D eigenvalue weighted by atomic mass is 10.0. The molecule has 0 aromatic rings. The fourth-order valence-corrected chi connectivity index (χ4v) is 1.08. The first-order valence-electron chi connectivity index (χ1n) is 4.67. The SMILES string of the molecule is CCCCCC(=O)CC(C)C=O. The molecule has 0 heterocycles. The van der Waals surface area contributed by atoms with Crippen LogP contribution in [0.1, 0.15) is 46.0 Å². The Morgan fingerprint density at radius 1 is 1.42 bits per heavy atom. The van der Waals surface area contributed by atoms with Crippen LogP contribution in [-0.4, -0.2) is 12.1 Å². The summed E-state index contributed by atoms with van der Waals surface area (Å²) < 4.78 is 0. The normalized spacial score (nSPS) is 12.5. The van der Waals surface area contributed by atoms with Crippen LogP contribution in [0.5, 0.6) is 0 Å². The monoisotopic (exact) mass is 170 g/mol. The smallest absolute Gasteiger partial charge is 0.133 e. The average molecular weight is 170 g/mol. The largest absolute Gasteiger partial charge is 0.303 e. The van der Waals surface area contributed by atoms with Gasteiger partial charge >= 0.3 is 0 Å². The lowest BCUT2D eigenvalue weighted by molar-refractivity contribution is -0.122. The molecule has 0 aromatic heterocycles. The maximum Gasteiger partial charge on any atom is 0.133 e. The van der Waals surface area contributed by atoms with Crippen molar-refractivity contribution < 1.29 is 9.59 Å². The molecule has 0 radical (unpaired) electrons. The van der Waals surface area contributed by atoms with Crippen molar-refractivity contribution in [3.8, 4) is 0 Å². The quantitative estimate of drug-likeness (QED) is 0.434. The van der Waals surface area contributed by atoms with Crippen LogP contribution in [0.2, 0.25) is 0 Å². The summed E-state index contributed by atoms with van der Waals surface area (Å²) in [5.41, 5.74) is 0. The number of carbonyl (C=O) groups excluding carboxylic acids is 2. The van der Waals surface area contributed by atoms with E-state index in [1.807, 2.05) is 0 Å². The van der Waals surface area contributed by atoms with E-state index >= 15 is 0 Å². The van der Waals surface area contributed by atoms with Gasteiger partial charge in [-0.3, -0.25) is 4.79 Å². The number of hydrogen-bond acceptors (Lipinski definition) is 2. The van der Waals surface area contributed by atoms with Gasteiger partial charge in [-0.05, 0) is 6.42 Å². The predicted molar refractivity (Wildman–Crippen MR) is 49.0 cm³/mol. The third kappa shape index (κ3) is 6.08. The Morgan fingerprint density at radius 2 is 2.08 bits per heavy atom. The van der Waals surface area contributed by atoms with Crippen LogP contribution >= 0.6 is 0 Å². The highest BCUT2D eigenvalue weighted by atomic mass is 16.1. The van der Waals surface area contributed by atoms with Gasteiger partial charge in [0, 0.05) is 18.8 Å². The van der Waals surface area contributed by atoms with Gasteiger partial charge in [0.25, 0.3) is 0 Å². The topological polar surface area (TPSA) is 34.1 Å². The van der Waals surface area contributed by atoms with E-state index < -0.39 is 0 Å². The first-order valence-corrected chi connectivity index (χ1v) is 4.67. The Kier molecular flexibility index (Phi) is 6.63. The van der Waals surface area contributed by atoms with Crippen molar-refractivity contribution in [2.75, 3.05) is 0 Å². The molecule has 1 atom stereocenters. The molecule has 1 unspecified atom stereocenters. The molecule has 0 aliphatic heterocycles. The summed E-state index contributed by atoms with van der Waals surface area (Å²) in [7, 11) is 0. The van der Waals surface area contributed by atoms with Gasteiger partial charge in [-0.2, -0.15) is 0 Å². The third-order valence-electron chi connectivity index (χ3n) is 1.84. The van der Waals surface area contributed by atoms with E-state index in [1.165, 1.54) is 0 Å². The summed E-state index contributed by atoms with van der Waals surface area (Å²) >= 11 is 0. The van der Waals surface area contributed by atoms with E-state index in [4.69, 9.17) is 0 Å². The second kappa shape index (κ2) is 7.01. The maximum atomic E-state index is 11.1. The minimum absolute atomic E-state index is 0.0980. The Labute approximate surface area is 74.3 Å². The summed E-state index contributed by atoms with van der Waals surface area (Å²) in [6.45, 7) is 3.89. The molecule has 0 rings (SSSR count). The van der Waals surface area contributed by atoms with Crippen LogP contribution in [0.15, 0.2) is 0 Å². The van der Waals surface area contributed by atoms with Crippen LogP contribution in [0.4, 0.5) is 0 Å². The van der Waals surface area contributed by atoms with Gasteiger partial charge in [0.15, 0.2) is 0 Å². The van der Waals surface area contributed by atoms with Gasteiger partial charge in [-0.1, -0.05) is 26.7 Å². The van der Waals surface area contributed by atoms with Gasteiger partial charge in [-0.25, -0.2) is 0 Å². The van der Waals surface area contributed by atoms with Crippen molar-refractivity contribution in [3.05, 3.63) is 0 Å². The third-order valence-corrected chi connectivity index (χ3v) is 1.84. The predicted octanol–water partition coefficient (Wildman–Crippen LogP) is 2.36. The number of unbranched alkanes of at least 4 members (excludes halogenated alkanes) is 2. The number of rotatable bonds is 7.